The topological polar surface area (TPSA) is 95.5 Å². The molecule has 3 N–H and O–H groups in total. The Hall–Kier alpha value is -0.870. The molecule has 0 spiro atoms. The molecular weight excluding hydrogens is 301 g/mol. The quantitative estimate of drug-likeness (QED) is 0.693. The van der Waals surface area contributed by atoms with Crippen LogP contribution in [0.25, 0.3) is 0 Å². The van der Waals surface area contributed by atoms with Gasteiger partial charge in [-0.05, 0) is 19.8 Å². The van der Waals surface area contributed by atoms with Crippen molar-refractivity contribution in [3.63, 3.8) is 0 Å². The van der Waals surface area contributed by atoms with Crippen molar-refractivity contribution in [2.75, 3.05) is 12.3 Å². The molecule has 2 rings (SSSR count). The Morgan fingerprint density at radius 1 is 1.40 bits per heavy atom. The first-order valence-electron chi connectivity index (χ1n) is 6.05. The van der Waals surface area contributed by atoms with Crippen LogP contribution in [0.2, 0.25) is 0 Å². The highest BCUT2D eigenvalue weighted by atomic mass is 32.2. The number of carboxylic acids is 1. The lowest BCUT2D eigenvalue weighted by Gasteiger charge is -2.35. The van der Waals surface area contributed by atoms with Gasteiger partial charge in [-0.2, -0.15) is 13.2 Å². The summed E-state index contributed by atoms with van der Waals surface area (Å²) in [5.41, 5.74) is 0. The number of carbonyl (C=O) groups is 1. The average Bonchev–Trinajstić information content (AvgIpc) is 3.07. The summed E-state index contributed by atoms with van der Waals surface area (Å²) < 4.78 is 57.4. The molecule has 0 aromatic heterocycles. The predicted octanol–water partition coefficient (Wildman–Crippen LogP) is 0.309. The number of alkyl halides is 3. The van der Waals surface area contributed by atoms with E-state index < -0.39 is 22.2 Å². The van der Waals surface area contributed by atoms with Crippen molar-refractivity contribution in [3.05, 3.63) is 0 Å². The maximum atomic E-state index is 11.5. The molecule has 0 radical (unpaired) electrons. The van der Waals surface area contributed by atoms with Crippen LogP contribution in [0.1, 0.15) is 19.8 Å². The summed E-state index contributed by atoms with van der Waals surface area (Å²) in [5, 5.41) is 10.3. The number of aliphatic carboxylic acids is 1. The molecule has 2 fully saturated rings. The van der Waals surface area contributed by atoms with Crippen molar-refractivity contribution < 1.29 is 31.5 Å². The van der Waals surface area contributed by atoms with Crippen molar-refractivity contribution in [3.8, 4) is 0 Å². The fourth-order valence-electron chi connectivity index (χ4n) is 1.51. The highest BCUT2D eigenvalue weighted by Crippen LogP contribution is 2.21. The van der Waals surface area contributed by atoms with Crippen molar-refractivity contribution in [1.82, 2.24) is 10.0 Å². The van der Waals surface area contributed by atoms with Crippen molar-refractivity contribution >= 4 is 16.0 Å². The van der Waals surface area contributed by atoms with E-state index in [4.69, 9.17) is 9.90 Å². The van der Waals surface area contributed by atoms with Gasteiger partial charge in [-0.3, -0.25) is 0 Å². The van der Waals surface area contributed by atoms with Gasteiger partial charge < -0.3 is 10.4 Å². The van der Waals surface area contributed by atoms with Gasteiger partial charge in [0.15, 0.2) is 0 Å². The van der Waals surface area contributed by atoms with E-state index >= 15 is 0 Å². The normalized spacial score (nSPS) is 26.2. The maximum absolute atomic E-state index is 11.5. The summed E-state index contributed by atoms with van der Waals surface area (Å²) in [7, 11) is -3.00. The van der Waals surface area contributed by atoms with Crippen LogP contribution in [0.5, 0.6) is 0 Å². The molecular formula is C10H17F3N2O4S. The smallest absolute Gasteiger partial charge is 0.475 e. The minimum absolute atomic E-state index is 0.244. The Kier molecular flexibility index (Phi) is 5.39. The molecule has 2 aliphatic rings. The number of sulfonamides is 1. The molecule has 1 saturated heterocycles. The van der Waals surface area contributed by atoms with E-state index in [2.05, 4.69) is 10.0 Å². The van der Waals surface area contributed by atoms with E-state index in [1.54, 1.807) is 0 Å². The highest BCUT2D eigenvalue weighted by Gasteiger charge is 2.38. The number of nitrogens with one attached hydrogen (secondary N) is 2. The highest BCUT2D eigenvalue weighted by molar-refractivity contribution is 7.89. The molecule has 20 heavy (non-hydrogen) atoms. The van der Waals surface area contributed by atoms with Crippen LogP contribution < -0.4 is 10.0 Å². The molecule has 6 nitrogen and oxygen atoms in total. The van der Waals surface area contributed by atoms with Crippen LogP contribution in [0.15, 0.2) is 0 Å². The third-order valence-corrected chi connectivity index (χ3v) is 4.57. The monoisotopic (exact) mass is 318 g/mol. The molecule has 0 aromatic rings. The van der Waals surface area contributed by atoms with Gasteiger partial charge in [0.25, 0.3) is 0 Å². The molecule has 10 heteroatoms. The fourth-order valence-corrected chi connectivity index (χ4v) is 3.32. The molecule has 1 aliphatic carbocycles. The second-order valence-electron chi connectivity index (χ2n) is 4.93. The zero-order valence-electron chi connectivity index (χ0n) is 10.8. The Bertz CT molecular complexity index is 448. The summed E-state index contributed by atoms with van der Waals surface area (Å²) in [4.78, 5) is 8.90. The first-order chi connectivity index (χ1) is 9.01. The van der Waals surface area contributed by atoms with E-state index in [1.807, 2.05) is 6.92 Å². The van der Waals surface area contributed by atoms with Crippen molar-refractivity contribution in [1.29, 1.82) is 0 Å². The van der Waals surface area contributed by atoms with Gasteiger partial charge in [0.2, 0.25) is 10.0 Å². The summed E-state index contributed by atoms with van der Waals surface area (Å²) in [6, 6.07) is 0.601. The lowest BCUT2D eigenvalue weighted by Crippen LogP contribution is -2.54. The van der Waals surface area contributed by atoms with E-state index in [0.29, 0.717) is 12.0 Å². The number of rotatable bonds is 4. The summed E-state index contributed by atoms with van der Waals surface area (Å²) in [5.74, 6) is -2.17. The summed E-state index contributed by atoms with van der Waals surface area (Å²) in [6.45, 7) is 2.87. The Morgan fingerprint density at radius 3 is 2.15 bits per heavy atom. The number of hydrogen-bond donors (Lipinski definition) is 3. The third kappa shape index (κ3) is 6.06. The predicted molar refractivity (Wildman–Crippen MR) is 64.6 cm³/mol. The SMILES string of the molecule is C[C@H]1NC[C@@H]1CS(=O)(=O)NC1CC1.O=C(O)C(F)(F)F. The van der Waals surface area contributed by atoms with E-state index in [-0.39, 0.29) is 11.8 Å². The Labute approximate surface area is 114 Å². The van der Waals surface area contributed by atoms with Gasteiger partial charge in [0, 0.05) is 24.5 Å². The molecule has 0 amide bonds. The van der Waals surface area contributed by atoms with Crippen LogP contribution in [0, 0.1) is 5.92 Å². The standard InChI is InChI=1S/C8H16N2O2S.C2HF3O2/c1-6-7(4-9-6)5-13(11,12)10-8-2-3-8;3-2(4,5)1(6)7/h6-10H,2-5H2,1H3;(H,6,7)/t6-,7-;/m1./s1. The first kappa shape index (κ1) is 17.2. The molecule has 1 heterocycles. The fraction of sp³-hybridized carbons (Fsp3) is 0.900. The molecule has 2 atom stereocenters. The molecule has 0 unspecified atom stereocenters. The van der Waals surface area contributed by atoms with Crippen LogP contribution in [0.4, 0.5) is 13.2 Å². The van der Waals surface area contributed by atoms with Gasteiger partial charge in [-0.1, -0.05) is 0 Å². The van der Waals surface area contributed by atoms with Crippen LogP contribution in [0.3, 0.4) is 0 Å². The lowest BCUT2D eigenvalue weighted by atomic mass is 9.96. The van der Waals surface area contributed by atoms with Crippen LogP contribution in [-0.4, -0.2) is 50.1 Å². The second kappa shape index (κ2) is 6.27. The molecule has 1 aliphatic heterocycles. The second-order valence-corrected chi connectivity index (χ2v) is 6.73. The zero-order valence-corrected chi connectivity index (χ0v) is 11.6. The average molecular weight is 318 g/mol. The van der Waals surface area contributed by atoms with Gasteiger partial charge in [-0.25, -0.2) is 17.9 Å². The summed E-state index contributed by atoms with van der Waals surface area (Å²) >= 11 is 0. The summed E-state index contributed by atoms with van der Waals surface area (Å²) in [6.07, 6.45) is -3.06. The lowest BCUT2D eigenvalue weighted by molar-refractivity contribution is -0.192. The van der Waals surface area contributed by atoms with Gasteiger partial charge in [-0.15, -0.1) is 0 Å². The van der Waals surface area contributed by atoms with Crippen molar-refractivity contribution in [2.45, 2.75) is 38.0 Å². The van der Waals surface area contributed by atoms with E-state index in [1.165, 1.54) is 0 Å². The minimum Gasteiger partial charge on any atom is -0.475 e. The third-order valence-electron chi connectivity index (χ3n) is 3.01. The van der Waals surface area contributed by atoms with E-state index in [9.17, 15) is 21.6 Å². The number of halogens is 3. The number of hydrogen-bond acceptors (Lipinski definition) is 4. The van der Waals surface area contributed by atoms with E-state index in [0.717, 1.165) is 19.4 Å². The Balaban J connectivity index is 0.000000246. The van der Waals surface area contributed by atoms with Gasteiger partial charge in [0.05, 0.1) is 5.75 Å². The molecule has 1 saturated carbocycles. The molecule has 0 bridgehead atoms. The Morgan fingerprint density at radius 2 is 1.90 bits per heavy atom. The minimum atomic E-state index is -5.08. The largest absolute Gasteiger partial charge is 0.490 e. The van der Waals surface area contributed by atoms with Gasteiger partial charge >= 0.3 is 12.1 Å². The van der Waals surface area contributed by atoms with Crippen LogP contribution >= 0.6 is 0 Å². The molecule has 0 aromatic carbocycles. The van der Waals surface area contributed by atoms with Crippen LogP contribution in [-0.2, 0) is 14.8 Å². The molecule has 118 valence electrons. The maximum Gasteiger partial charge on any atom is 0.490 e. The van der Waals surface area contributed by atoms with Gasteiger partial charge in [0.1, 0.15) is 0 Å². The van der Waals surface area contributed by atoms with Crippen molar-refractivity contribution in [2.24, 2.45) is 5.92 Å². The zero-order chi connectivity index (χ0) is 15.6. The number of carboxylic acid groups (broad SMARTS) is 1. The first-order valence-corrected chi connectivity index (χ1v) is 7.70.